The van der Waals surface area contributed by atoms with E-state index in [0.29, 0.717) is 0 Å². The normalized spacial score (nSPS) is 11.1. The number of aryl methyl sites for hydroxylation is 1. The molecule has 1 aromatic heterocycles. The van der Waals surface area contributed by atoms with Gasteiger partial charge in [0.25, 0.3) is 0 Å². The van der Waals surface area contributed by atoms with Crippen molar-refractivity contribution < 1.29 is 0 Å². The van der Waals surface area contributed by atoms with Crippen molar-refractivity contribution in [3.8, 4) is 0 Å². The first-order valence-electron chi connectivity index (χ1n) is 5.10. The average molecular weight is 196 g/mol. The first-order valence-corrected chi connectivity index (χ1v) is 5.10. The van der Waals surface area contributed by atoms with Crippen molar-refractivity contribution in [3.05, 3.63) is 18.0 Å². The first kappa shape index (κ1) is 11.2. The zero-order chi connectivity index (χ0) is 10.4. The van der Waals surface area contributed by atoms with Crippen LogP contribution >= 0.6 is 0 Å². The molecule has 0 aromatic carbocycles. The van der Waals surface area contributed by atoms with Crippen molar-refractivity contribution in [2.75, 3.05) is 27.2 Å². The van der Waals surface area contributed by atoms with E-state index in [4.69, 9.17) is 0 Å². The van der Waals surface area contributed by atoms with Gasteiger partial charge < -0.3 is 10.2 Å². The third-order valence-corrected chi connectivity index (χ3v) is 2.15. The van der Waals surface area contributed by atoms with Gasteiger partial charge in [0, 0.05) is 32.4 Å². The van der Waals surface area contributed by atoms with Gasteiger partial charge >= 0.3 is 0 Å². The SMILES string of the molecule is CCn1nccc1CNCCN(C)C. The van der Waals surface area contributed by atoms with Crippen LogP contribution in [0.5, 0.6) is 0 Å². The average Bonchev–Trinajstić information content (AvgIpc) is 2.59. The van der Waals surface area contributed by atoms with Gasteiger partial charge in [-0.1, -0.05) is 0 Å². The minimum atomic E-state index is 0.904. The maximum absolute atomic E-state index is 4.21. The predicted octanol–water partition coefficient (Wildman–Crippen LogP) is 0.554. The Balaban J connectivity index is 2.24. The maximum Gasteiger partial charge on any atom is 0.0521 e. The molecule has 4 heteroatoms. The molecule has 0 bridgehead atoms. The smallest absolute Gasteiger partial charge is 0.0521 e. The van der Waals surface area contributed by atoms with Gasteiger partial charge in [0.05, 0.1) is 5.69 Å². The third-order valence-electron chi connectivity index (χ3n) is 2.15. The van der Waals surface area contributed by atoms with E-state index < -0.39 is 0 Å². The Morgan fingerprint density at radius 1 is 1.50 bits per heavy atom. The Bertz CT molecular complexity index is 254. The molecule has 0 amide bonds. The standard InChI is InChI=1S/C10H20N4/c1-4-14-10(5-6-12-14)9-11-7-8-13(2)3/h5-6,11H,4,7-9H2,1-3H3. The van der Waals surface area contributed by atoms with Crippen molar-refractivity contribution in [3.63, 3.8) is 0 Å². The van der Waals surface area contributed by atoms with Gasteiger partial charge in [-0.15, -0.1) is 0 Å². The van der Waals surface area contributed by atoms with Crippen LogP contribution < -0.4 is 5.32 Å². The lowest BCUT2D eigenvalue weighted by atomic mass is 10.4. The fourth-order valence-corrected chi connectivity index (χ4v) is 1.31. The summed E-state index contributed by atoms with van der Waals surface area (Å²) in [6.07, 6.45) is 1.85. The van der Waals surface area contributed by atoms with Gasteiger partial charge in [-0.25, -0.2) is 0 Å². The monoisotopic (exact) mass is 196 g/mol. The number of hydrogen-bond acceptors (Lipinski definition) is 3. The predicted molar refractivity (Wildman–Crippen MR) is 58.2 cm³/mol. The van der Waals surface area contributed by atoms with Crippen molar-refractivity contribution in [2.45, 2.75) is 20.0 Å². The van der Waals surface area contributed by atoms with Gasteiger partial charge in [-0.05, 0) is 27.1 Å². The fraction of sp³-hybridized carbons (Fsp3) is 0.700. The summed E-state index contributed by atoms with van der Waals surface area (Å²) in [6, 6.07) is 2.06. The van der Waals surface area contributed by atoms with Crippen LogP contribution in [0.3, 0.4) is 0 Å². The maximum atomic E-state index is 4.21. The van der Waals surface area contributed by atoms with Crippen LogP contribution in [0.15, 0.2) is 12.3 Å². The van der Waals surface area contributed by atoms with Gasteiger partial charge in [-0.2, -0.15) is 5.10 Å². The van der Waals surface area contributed by atoms with Crippen LogP contribution in [0, 0.1) is 0 Å². The van der Waals surface area contributed by atoms with Crippen molar-refractivity contribution in [1.29, 1.82) is 0 Å². The van der Waals surface area contributed by atoms with Gasteiger partial charge in [0.15, 0.2) is 0 Å². The van der Waals surface area contributed by atoms with E-state index in [1.54, 1.807) is 0 Å². The van der Waals surface area contributed by atoms with Crippen LogP contribution in [0.1, 0.15) is 12.6 Å². The molecule has 0 fully saturated rings. The summed E-state index contributed by atoms with van der Waals surface area (Å²) >= 11 is 0. The molecule has 0 radical (unpaired) electrons. The van der Waals surface area contributed by atoms with Crippen molar-refractivity contribution in [2.24, 2.45) is 0 Å². The van der Waals surface area contributed by atoms with E-state index in [1.165, 1.54) is 5.69 Å². The number of nitrogens with zero attached hydrogens (tertiary/aromatic N) is 3. The fourth-order valence-electron chi connectivity index (χ4n) is 1.31. The number of nitrogens with one attached hydrogen (secondary N) is 1. The Morgan fingerprint density at radius 2 is 2.29 bits per heavy atom. The summed E-state index contributed by atoms with van der Waals surface area (Å²) < 4.78 is 2.02. The largest absolute Gasteiger partial charge is 0.310 e. The molecule has 80 valence electrons. The Hall–Kier alpha value is -0.870. The molecule has 0 aliphatic carbocycles. The van der Waals surface area contributed by atoms with Gasteiger partial charge in [0.2, 0.25) is 0 Å². The zero-order valence-electron chi connectivity index (χ0n) is 9.32. The summed E-state index contributed by atoms with van der Waals surface area (Å²) in [4.78, 5) is 2.17. The number of hydrogen-bond donors (Lipinski definition) is 1. The van der Waals surface area contributed by atoms with Crippen LogP contribution in [-0.4, -0.2) is 41.9 Å². The Morgan fingerprint density at radius 3 is 2.93 bits per heavy atom. The minimum Gasteiger partial charge on any atom is -0.310 e. The highest BCUT2D eigenvalue weighted by Crippen LogP contribution is 1.97. The molecular formula is C10H20N4. The third kappa shape index (κ3) is 3.47. The molecule has 0 aliphatic heterocycles. The molecule has 1 aromatic rings. The lowest BCUT2D eigenvalue weighted by molar-refractivity contribution is 0.398. The summed E-state index contributed by atoms with van der Waals surface area (Å²) in [5.74, 6) is 0. The second-order valence-electron chi connectivity index (χ2n) is 3.62. The van der Waals surface area contributed by atoms with Gasteiger partial charge in [0.1, 0.15) is 0 Å². The molecule has 0 atom stereocenters. The molecule has 14 heavy (non-hydrogen) atoms. The number of aromatic nitrogens is 2. The topological polar surface area (TPSA) is 33.1 Å². The minimum absolute atomic E-state index is 0.904. The van der Waals surface area contributed by atoms with Crippen LogP contribution in [0.25, 0.3) is 0 Å². The molecular weight excluding hydrogens is 176 g/mol. The van der Waals surface area contributed by atoms with E-state index in [0.717, 1.165) is 26.2 Å². The van der Waals surface area contributed by atoms with E-state index in [2.05, 4.69) is 42.4 Å². The van der Waals surface area contributed by atoms with E-state index in [1.807, 2.05) is 10.9 Å². The molecule has 0 spiro atoms. The molecule has 0 aliphatic rings. The highest BCUT2D eigenvalue weighted by Gasteiger charge is 1.99. The second-order valence-corrected chi connectivity index (χ2v) is 3.62. The summed E-state index contributed by atoms with van der Waals surface area (Å²) in [6.45, 7) is 6.04. The van der Waals surface area contributed by atoms with E-state index in [-0.39, 0.29) is 0 Å². The lowest BCUT2D eigenvalue weighted by Gasteiger charge is -2.10. The molecule has 1 N–H and O–H groups in total. The molecule has 1 rings (SSSR count). The lowest BCUT2D eigenvalue weighted by Crippen LogP contribution is -2.27. The number of rotatable bonds is 6. The van der Waals surface area contributed by atoms with Crippen LogP contribution in [0.4, 0.5) is 0 Å². The Labute approximate surface area is 85.9 Å². The molecule has 4 nitrogen and oxygen atoms in total. The van der Waals surface area contributed by atoms with Crippen molar-refractivity contribution in [1.82, 2.24) is 20.0 Å². The second kappa shape index (κ2) is 5.78. The number of likely N-dealkylation sites (N-methyl/N-ethyl adjacent to an activating group) is 1. The summed E-state index contributed by atoms with van der Waals surface area (Å²) in [7, 11) is 4.16. The van der Waals surface area contributed by atoms with E-state index >= 15 is 0 Å². The zero-order valence-corrected chi connectivity index (χ0v) is 9.32. The molecule has 1 heterocycles. The first-order chi connectivity index (χ1) is 6.74. The van der Waals surface area contributed by atoms with E-state index in [9.17, 15) is 0 Å². The van der Waals surface area contributed by atoms with Crippen LogP contribution in [0.2, 0.25) is 0 Å². The molecule has 0 saturated carbocycles. The quantitative estimate of drug-likeness (QED) is 0.675. The Kier molecular flexibility index (Phi) is 4.62. The van der Waals surface area contributed by atoms with Gasteiger partial charge in [-0.3, -0.25) is 4.68 Å². The summed E-state index contributed by atoms with van der Waals surface area (Å²) in [5, 5.41) is 7.61. The summed E-state index contributed by atoms with van der Waals surface area (Å²) in [5.41, 5.74) is 1.26. The van der Waals surface area contributed by atoms with Crippen LogP contribution in [-0.2, 0) is 13.1 Å². The highest BCUT2D eigenvalue weighted by molar-refractivity contribution is 4.99. The molecule has 0 unspecified atom stereocenters. The highest BCUT2D eigenvalue weighted by atomic mass is 15.3. The van der Waals surface area contributed by atoms with Crippen molar-refractivity contribution >= 4 is 0 Å². The molecule has 0 saturated heterocycles.